The van der Waals surface area contributed by atoms with Gasteiger partial charge in [-0.3, -0.25) is 9.78 Å². The summed E-state index contributed by atoms with van der Waals surface area (Å²) in [5.41, 5.74) is 3.04. The van der Waals surface area contributed by atoms with Crippen molar-refractivity contribution in [3.05, 3.63) is 77.1 Å². The molecule has 11 heteroatoms. The van der Waals surface area contributed by atoms with Crippen LogP contribution in [0.3, 0.4) is 0 Å². The number of benzene rings is 2. The SMILES string of the molecule is N#Cc1ccc2c(c1)nc(NCCOCCCCN(Cc1ccc(C3CC3)c(C#N)c1)C(=O)C(F)(F)F)c1ccncc12. The van der Waals surface area contributed by atoms with Crippen LogP contribution in [0, 0.1) is 22.7 Å². The fourth-order valence-electron chi connectivity index (χ4n) is 5.10. The average Bonchev–Trinajstić information content (AvgIpc) is 3.86. The van der Waals surface area contributed by atoms with Crippen LogP contribution in [-0.4, -0.2) is 53.3 Å². The van der Waals surface area contributed by atoms with Crippen LogP contribution in [0.5, 0.6) is 0 Å². The third kappa shape index (κ3) is 7.19. The van der Waals surface area contributed by atoms with Gasteiger partial charge in [0.15, 0.2) is 0 Å². The second-order valence-corrected chi connectivity index (χ2v) is 10.5. The first-order chi connectivity index (χ1) is 20.8. The summed E-state index contributed by atoms with van der Waals surface area (Å²) in [6, 6.07) is 16.5. The molecule has 2 aromatic carbocycles. The van der Waals surface area contributed by atoms with E-state index in [1.165, 1.54) is 0 Å². The summed E-state index contributed by atoms with van der Waals surface area (Å²) < 4.78 is 45.6. The second kappa shape index (κ2) is 13.1. The van der Waals surface area contributed by atoms with Crippen LogP contribution >= 0.6 is 0 Å². The monoisotopic (exact) mass is 586 g/mol. The zero-order chi connectivity index (χ0) is 30.4. The average molecular weight is 587 g/mol. The molecular formula is C32H29F3N6O2. The number of carbonyl (C=O) groups is 1. The van der Waals surface area contributed by atoms with Crippen molar-refractivity contribution < 1.29 is 22.7 Å². The molecule has 4 aromatic rings. The van der Waals surface area contributed by atoms with Gasteiger partial charge in [-0.25, -0.2) is 4.98 Å². The highest BCUT2D eigenvalue weighted by Crippen LogP contribution is 2.41. The summed E-state index contributed by atoms with van der Waals surface area (Å²) in [5.74, 6) is -0.922. The number of halogens is 3. The lowest BCUT2D eigenvalue weighted by molar-refractivity contribution is -0.186. The molecule has 2 aromatic heterocycles. The molecule has 0 aliphatic heterocycles. The molecule has 0 saturated heterocycles. The zero-order valence-electron chi connectivity index (χ0n) is 23.3. The largest absolute Gasteiger partial charge is 0.471 e. The van der Waals surface area contributed by atoms with Crippen LogP contribution in [0.15, 0.2) is 54.9 Å². The number of nitriles is 2. The van der Waals surface area contributed by atoms with E-state index in [1.807, 2.05) is 12.1 Å². The number of nitrogens with one attached hydrogen (secondary N) is 1. The van der Waals surface area contributed by atoms with Crippen molar-refractivity contribution in [2.75, 3.05) is 31.6 Å². The Balaban J connectivity index is 1.12. The van der Waals surface area contributed by atoms with Crippen molar-refractivity contribution in [1.82, 2.24) is 14.9 Å². The highest BCUT2D eigenvalue weighted by atomic mass is 19.4. The van der Waals surface area contributed by atoms with Crippen molar-refractivity contribution in [3.63, 3.8) is 0 Å². The maximum absolute atomic E-state index is 13.3. The number of fused-ring (bicyclic) bond motifs is 3. The lowest BCUT2D eigenvalue weighted by Gasteiger charge is -2.24. The normalized spacial score (nSPS) is 13.0. The van der Waals surface area contributed by atoms with Gasteiger partial charge in [-0.2, -0.15) is 23.7 Å². The van der Waals surface area contributed by atoms with Crippen LogP contribution < -0.4 is 5.32 Å². The summed E-state index contributed by atoms with van der Waals surface area (Å²) in [6.45, 7) is 0.773. The highest BCUT2D eigenvalue weighted by Gasteiger charge is 2.42. The number of pyridine rings is 2. The number of aromatic nitrogens is 2. The van der Waals surface area contributed by atoms with Gasteiger partial charge in [0.05, 0.1) is 35.4 Å². The van der Waals surface area contributed by atoms with Gasteiger partial charge in [-0.15, -0.1) is 0 Å². The lowest BCUT2D eigenvalue weighted by atomic mass is 10.0. The molecule has 0 radical (unpaired) electrons. The van der Waals surface area contributed by atoms with Gasteiger partial charge in [0.25, 0.3) is 0 Å². The fraction of sp³-hybridized carbons (Fsp3) is 0.344. The van der Waals surface area contributed by atoms with Crippen LogP contribution in [0.25, 0.3) is 21.7 Å². The van der Waals surface area contributed by atoms with Gasteiger partial charge in [-0.05, 0) is 67.0 Å². The highest BCUT2D eigenvalue weighted by molar-refractivity contribution is 6.09. The maximum Gasteiger partial charge on any atom is 0.471 e. The van der Waals surface area contributed by atoms with Crippen LogP contribution in [0.1, 0.15) is 53.9 Å². The fourth-order valence-corrected chi connectivity index (χ4v) is 5.10. The van der Waals surface area contributed by atoms with Crippen LogP contribution in [0.4, 0.5) is 19.0 Å². The zero-order valence-corrected chi connectivity index (χ0v) is 23.3. The molecule has 1 saturated carbocycles. The molecule has 220 valence electrons. The molecule has 1 fully saturated rings. The van der Waals surface area contributed by atoms with Gasteiger partial charge in [0.1, 0.15) is 5.82 Å². The number of ether oxygens (including phenoxy) is 1. The quantitative estimate of drug-likeness (QED) is 0.155. The molecule has 1 aliphatic rings. The van der Waals surface area contributed by atoms with Crippen molar-refractivity contribution in [3.8, 4) is 12.1 Å². The first kappa shape index (κ1) is 29.7. The third-order valence-electron chi connectivity index (χ3n) is 7.39. The van der Waals surface area contributed by atoms with Crippen molar-refractivity contribution in [2.45, 2.75) is 44.3 Å². The first-order valence-electron chi connectivity index (χ1n) is 14.1. The first-order valence-corrected chi connectivity index (χ1v) is 14.1. The number of hydrogen-bond acceptors (Lipinski definition) is 7. The van der Waals surface area contributed by atoms with Gasteiger partial charge < -0.3 is 15.0 Å². The molecule has 1 amide bonds. The lowest BCUT2D eigenvalue weighted by Crippen LogP contribution is -2.41. The molecule has 0 bridgehead atoms. The molecular weight excluding hydrogens is 557 g/mol. The van der Waals surface area contributed by atoms with E-state index in [1.54, 1.807) is 42.7 Å². The van der Waals surface area contributed by atoms with Crippen molar-refractivity contribution in [1.29, 1.82) is 10.5 Å². The Labute approximate surface area is 246 Å². The molecule has 43 heavy (non-hydrogen) atoms. The Kier molecular flexibility index (Phi) is 9.03. The molecule has 5 rings (SSSR count). The number of amides is 1. The summed E-state index contributed by atoms with van der Waals surface area (Å²) in [6.07, 6.45) is 1.25. The number of nitrogens with zero attached hydrogens (tertiary/aromatic N) is 5. The number of carbonyl (C=O) groups excluding carboxylic acids is 1. The summed E-state index contributed by atoms with van der Waals surface area (Å²) in [7, 11) is 0. The van der Waals surface area contributed by atoms with Gasteiger partial charge in [0, 0.05) is 54.8 Å². The van der Waals surface area contributed by atoms with E-state index in [0.717, 1.165) is 39.5 Å². The second-order valence-electron chi connectivity index (χ2n) is 10.5. The van der Waals surface area contributed by atoms with Gasteiger partial charge >= 0.3 is 12.1 Å². The van der Waals surface area contributed by atoms with E-state index in [9.17, 15) is 28.5 Å². The molecule has 1 aliphatic carbocycles. The molecule has 2 heterocycles. The van der Waals surface area contributed by atoms with E-state index in [-0.39, 0.29) is 13.1 Å². The smallest absolute Gasteiger partial charge is 0.380 e. The molecule has 1 N–H and O–H groups in total. The standard InChI is InChI=1S/C32H29F3N6O2/c33-32(34,35)31(42)41(20-22-4-7-25(23-5-6-23)24(15-22)18-37)12-1-2-13-43-14-11-39-30-27-9-10-38-19-28(27)26-8-3-21(17-36)16-29(26)40-30/h3-4,7-10,15-16,19,23H,1-2,5-6,11-14,20H2,(H,39,40). The minimum absolute atomic E-state index is 0.0854. The maximum atomic E-state index is 13.3. The minimum atomic E-state index is -4.98. The Morgan fingerprint density at radius 2 is 1.86 bits per heavy atom. The Morgan fingerprint density at radius 3 is 2.60 bits per heavy atom. The molecule has 0 unspecified atom stereocenters. The Bertz CT molecular complexity index is 1720. The topological polar surface area (TPSA) is 115 Å². The van der Waals surface area contributed by atoms with E-state index >= 15 is 0 Å². The number of unbranched alkanes of at least 4 members (excludes halogenated alkanes) is 1. The van der Waals surface area contributed by atoms with Gasteiger partial charge in [-0.1, -0.05) is 18.2 Å². The van der Waals surface area contributed by atoms with Crippen molar-refractivity contribution in [2.24, 2.45) is 0 Å². The summed E-state index contributed by atoms with van der Waals surface area (Å²) in [5, 5.41) is 24.7. The third-order valence-corrected chi connectivity index (χ3v) is 7.39. The summed E-state index contributed by atoms with van der Waals surface area (Å²) >= 11 is 0. The Morgan fingerprint density at radius 1 is 1.02 bits per heavy atom. The van der Waals surface area contributed by atoms with E-state index < -0.39 is 12.1 Å². The van der Waals surface area contributed by atoms with Crippen LogP contribution in [0.2, 0.25) is 0 Å². The number of alkyl halides is 3. The van der Waals surface area contributed by atoms with Crippen molar-refractivity contribution >= 4 is 33.4 Å². The van der Waals surface area contributed by atoms with E-state index in [4.69, 9.17) is 4.74 Å². The minimum Gasteiger partial charge on any atom is -0.380 e. The molecule has 0 spiro atoms. The predicted molar refractivity (Wildman–Crippen MR) is 155 cm³/mol. The Hall–Kier alpha value is -4.74. The number of rotatable bonds is 12. The van der Waals surface area contributed by atoms with Crippen LogP contribution in [-0.2, 0) is 16.1 Å². The predicted octanol–water partition coefficient (Wildman–Crippen LogP) is 6.20. The molecule has 8 nitrogen and oxygen atoms in total. The van der Waals surface area contributed by atoms with E-state index in [2.05, 4.69) is 27.4 Å². The molecule has 0 atom stereocenters. The summed E-state index contributed by atoms with van der Waals surface area (Å²) in [4.78, 5) is 21.8. The van der Waals surface area contributed by atoms with Gasteiger partial charge in [0.2, 0.25) is 0 Å². The number of hydrogen-bond donors (Lipinski definition) is 1. The van der Waals surface area contributed by atoms with E-state index in [0.29, 0.717) is 66.5 Å². The number of anilines is 1.